The second-order valence-corrected chi connectivity index (χ2v) is 5.00. The molecule has 3 nitrogen and oxygen atoms in total. The van der Waals surface area contributed by atoms with Crippen LogP contribution in [-0.4, -0.2) is 34.1 Å². The fourth-order valence-corrected chi connectivity index (χ4v) is 1.60. The Morgan fingerprint density at radius 3 is 1.93 bits per heavy atom. The average molecular weight is 201 g/mol. The first-order valence-corrected chi connectivity index (χ1v) is 5.19. The van der Waals surface area contributed by atoms with Crippen molar-refractivity contribution in [3.63, 3.8) is 0 Å². The Morgan fingerprint density at radius 2 is 1.71 bits per heavy atom. The molecule has 84 valence electrons. The highest BCUT2D eigenvalue weighted by atomic mass is 16.4. The zero-order valence-electron chi connectivity index (χ0n) is 10.2. The summed E-state index contributed by atoms with van der Waals surface area (Å²) >= 11 is 0. The maximum Gasteiger partial charge on any atom is 0.323 e. The van der Waals surface area contributed by atoms with Gasteiger partial charge in [-0.25, -0.2) is 0 Å². The van der Waals surface area contributed by atoms with Gasteiger partial charge in [0.25, 0.3) is 0 Å². The summed E-state index contributed by atoms with van der Waals surface area (Å²) in [5, 5.41) is 9.13. The molecule has 0 aliphatic heterocycles. The molecule has 0 aliphatic rings. The highest BCUT2D eigenvalue weighted by molar-refractivity contribution is 5.77. The minimum atomic E-state index is -0.779. The van der Waals surface area contributed by atoms with Gasteiger partial charge in [0.15, 0.2) is 0 Å². The smallest absolute Gasteiger partial charge is 0.323 e. The van der Waals surface area contributed by atoms with Crippen LogP contribution in [0.4, 0.5) is 0 Å². The first-order valence-electron chi connectivity index (χ1n) is 5.19. The van der Waals surface area contributed by atoms with Gasteiger partial charge >= 0.3 is 5.97 Å². The summed E-state index contributed by atoms with van der Waals surface area (Å²) in [5.41, 5.74) is -0.779. The van der Waals surface area contributed by atoms with E-state index in [2.05, 4.69) is 13.8 Å². The van der Waals surface area contributed by atoms with Crippen molar-refractivity contribution in [2.24, 2.45) is 5.92 Å². The third kappa shape index (κ3) is 3.29. The summed E-state index contributed by atoms with van der Waals surface area (Å²) in [6.07, 6.45) is 0. The maximum atomic E-state index is 11.1. The molecule has 0 radical (unpaired) electrons. The van der Waals surface area contributed by atoms with E-state index in [1.54, 1.807) is 13.8 Å². The van der Waals surface area contributed by atoms with Crippen LogP contribution in [0.15, 0.2) is 0 Å². The first kappa shape index (κ1) is 13.4. The van der Waals surface area contributed by atoms with Crippen LogP contribution in [0.5, 0.6) is 0 Å². The largest absolute Gasteiger partial charge is 0.480 e. The van der Waals surface area contributed by atoms with E-state index in [1.165, 1.54) is 0 Å². The fraction of sp³-hybridized carbons (Fsp3) is 0.909. The third-order valence-electron chi connectivity index (χ3n) is 2.43. The minimum absolute atomic E-state index is 0.253. The molecular weight excluding hydrogens is 178 g/mol. The number of nitrogens with zero attached hydrogens (tertiary/aromatic N) is 1. The van der Waals surface area contributed by atoms with Crippen molar-refractivity contribution in [1.82, 2.24) is 4.90 Å². The zero-order valence-corrected chi connectivity index (χ0v) is 10.2. The van der Waals surface area contributed by atoms with Crippen LogP contribution in [0.1, 0.15) is 41.5 Å². The van der Waals surface area contributed by atoms with E-state index in [-0.39, 0.29) is 6.04 Å². The topological polar surface area (TPSA) is 40.5 Å². The van der Waals surface area contributed by atoms with Crippen molar-refractivity contribution >= 4 is 5.97 Å². The number of carboxylic acids is 1. The van der Waals surface area contributed by atoms with Crippen molar-refractivity contribution in [1.29, 1.82) is 0 Å². The Hall–Kier alpha value is -0.570. The average Bonchev–Trinajstić information content (AvgIpc) is 1.98. The Balaban J connectivity index is 4.72. The SMILES string of the molecule is CC(C)CN(C(C)C)C(C)(C)C(=O)O. The van der Waals surface area contributed by atoms with Gasteiger partial charge in [-0.2, -0.15) is 0 Å². The van der Waals surface area contributed by atoms with Crippen LogP contribution < -0.4 is 0 Å². The minimum Gasteiger partial charge on any atom is -0.480 e. The number of carbonyl (C=O) groups is 1. The molecule has 0 aromatic heterocycles. The van der Waals surface area contributed by atoms with Crippen molar-refractivity contribution < 1.29 is 9.90 Å². The lowest BCUT2D eigenvalue weighted by Crippen LogP contribution is -2.54. The lowest BCUT2D eigenvalue weighted by Gasteiger charge is -2.39. The van der Waals surface area contributed by atoms with E-state index in [0.717, 1.165) is 6.54 Å². The van der Waals surface area contributed by atoms with Gasteiger partial charge in [0.05, 0.1) is 0 Å². The molecule has 1 N–H and O–H groups in total. The molecule has 0 aliphatic carbocycles. The van der Waals surface area contributed by atoms with Gasteiger partial charge < -0.3 is 5.11 Å². The molecule has 0 saturated carbocycles. The molecule has 0 heterocycles. The van der Waals surface area contributed by atoms with Crippen molar-refractivity contribution in [2.75, 3.05) is 6.54 Å². The van der Waals surface area contributed by atoms with E-state index in [1.807, 2.05) is 18.7 Å². The van der Waals surface area contributed by atoms with Crippen molar-refractivity contribution in [3.8, 4) is 0 Å². The van der Waals surface area contributed by atoms with E-state index in [9.17, 15) is 4.79 Å². The van der Waals surface area contributed by atoms with Crippen molar-refractivity contribution in [2.45, 2.75) is 53.1 Å². The van der Waals surface area contributed by atoms with E-state index in [0.29, 0.717) is 5.92 Å². The van der Waals surface area contributed by atoms with Crippen LogP contribution in [0.25, 0.3) is 0 Å². The van der Waals surface area contributed by atoms with Gasteiger partial charge in [-0.3, -0.25) is 9.69 Å². The number of hydrogen-bond acceptors (Lipinski definition) is 2. The van der Waals surface area contributed by atoms with Gasteiger partial charge in [-0.1, -0.05) is 13.8 Å². The quantitative estimate of drug-likeness (QED) is 0.741. The Bertz CT molecular complexity index is 197. The summed E-state index contributed by atoms with van der Waals surface area (Å²) in [6, 6.07) is 0.253. The van der Waals surface area contributed by atoms with Crippen LogP contribution in [0, 0.1) is 5.92 Å². The van der Waals surface area contributed by atoms with E-state index < -0.39 is 11.5 Å². The molecule has 0 spiro atoms. The highest BCUT2D eigenvalue weighted by Crippen LogP contribution is 2.19. The molecule has 0 rings (SSSR count). The van der Waals surface area contributed by atoms with Crippen LogP contribution in [0.2, 0.25) is 0 Å². The summed E-state index contributed by atoms with van der Waals surface area (Å²) in [5.74, 6) is -0.275. The fourth-order valence-electron chi connectivity index (χ4n) is 1.60. The lowest BCUT2D eigenvalue weighted by molar-refractivity contribution is -0.151. The van der Waals surface area contributed by atoms with Crippen LogP contribution in [-0.2, 0) is 4.79 Å². The molecule has 0 aromatic rings. The zero-order chi connectivity index (χ0) is 11.5. The number of rotatable bonds is 5. The van der Waals surface area contributed by atoms with E-state index in [4.69, 9.17) is 5.11 Å². The summed E-state index contributed by atoms with van der Waals surface area (Å²) in [6.45, 7) is 12.6. The summed E-state index contributed by atoms with van der Waals surface area (Å²) in [7, 11) is 0. The second-order valence-electron chi connectivity index (χ2n) is 5.00. The van der Waals surface area contributed by atoms with Gasteiger partial charge in [-0.15, -0.1) is 0 Å². The number of hydrogen-bond donors (Lipinski definition) is 1. The molecule has 0 amide bonds. The standard InChI is InChI=1S/C11H23NO2/c1-8(2)7-12(9(3)4)11(5,6)10(13)14/h8-9H,7H2,1-6H3,(H,13,14). The summed E-state index contributed by atoms with van der Waals surface area (Å²) in [4.78, 5) is 13.1. The molecule has 0 aromatic carbocycles. The van der Waals surface area contributed by atoms with E-state index >= 15 is 0 Å². The van der Waals surface area contributed by atoms with Gasteiger partial charge in [-0.05, 0) is 33.6 Å². The van der Waals surface area contributed by atoms with Crippen molar-refractivity contribution in [3.05, 3.63) is 0 Å². The molecule has 0 bridgehead atoms. The maximum absolute atomic E-state index is 11.1. The third-order valence-corrected chi connectivity index (χ3v) is 2.43. The normalized spacial score (nSPS) is 12.9. The molecule has 0 unspecified atom stereocenters. The second kappa shape index (κ2) is 4.78. The van der Waals surface area contributed by atoms with Crippen LogP contribution in [0.3, 0.4) is 0 Å². The Labute approximate surface area is 87.1 Å². The molecule has 14 heavy (non-hydrogen) atoms. The first-order chi connectivity index (χ1) is 6.19. The van der Waals surface area contributed by atoms with Crippen LogP contribution >= 0.6 is 0 Å². The molecule has 0 atom stereocenters. The number of carboxylic acid groups (broad SMARTS) is 1. The molecular formula is C11H23NO2. The lowest BCUT2D eigenvalue weighted by atomic mass is 9.99. The van der Waals surface area contributed by atoms with Gasteiger partial charge in [0, 0.05) is 12.6 Å². The Morgan fingerprint density at radius 1 is 1.29 bits per heavy atom. The molecule has 3 heteroatoms. The predicted molar refractivity (Wildman–Crippen MR) is 58.4 cm³/mol. The highest BCUT2D eigenvalue weighted by Gasteiger charge is 2.36. The summed E-state index contributed by atoms with van der Waals surface area (Å²) < 4.78 is 0. The van der Waals surface area contributed by atoms with Gasteiger partial charge in [0.1, 0.15) is 5.54 Å². The monoisotopic (exact) mass is 201 g/mol. The molecule has 0 fully saturated rings. The van der Waals surface area contributed by atoms with Gasteiger partial charge in [0.2, 0.25) is 0 Å². The predicted octanol–water partition coefficient (Wildman–Crippen LogP) is 2.22. The number of aliphatic carboxylic acids is 1. The Kier molecular flexibility index (Phi) is 4.59. The molecule has 0 saturated heterocycles.